The molecule has 0 spiro atoms. The van der Waals surface area contributed by atoms with Gasteiger partial charge in [0.2, 0.25) is 0 Å². The van der Waals surface area contributed by atoms with E-state index >= 15 is 0 Å². The molecule has 1 aromatic carbocycles. The van der Waals surface area contributed by atoms with Crippen LogP contribution in [-0.4, -0.2) is 14.8 Å². The summed E-state index contributed by atoms with van der Waals surface area (Å²) in [5, 5.41) is 4.08. The van der Waals surface area contributed by atoms with Crippen LogP contribution in [-0.2, 0) is 0 Å². The van der Waals surface area contributed by atoms with Gasteiger partial charge in [0.25, 0.3) is 0 Å². The predicted molar refractivity (Wildman–Crippen MR) is 64.2 cm³/mol. The molecule has 0 N–H and O–H groups in total. The summed E-state index contributed by atoms with van der Waals surface area (Å²) in [5.74, 6) is 0. The predicted octanol–water partition coefficient (Wildman–Crippen LogP) is 2.51. The van der Waals surface area contributed by atoms with Crippen LogP contribution in [0.3, 0.4) is 0 Å². The number of benzene rings is 1. The largest absolute Gasteiger partial charge is 0.223 e. The Kier molecular flexibility index (Phi) is 2.62. The first kappa shape index (κ1) is 9.39. The highest BCUT2D eigenvalue weighted by atomic mass is 127. The van der Waals surface area contributed by atoms with Crippen molar-refractivity contribution in [3.63, 3.8) is 0 Å². The fourth-order valence-electron chi connectivity index (χ4n) is 1.17. The molecule has 0 fully saturated rings. The standard InChI is InChI=1S/C10H8IN3/c1-2-8-3-4-10(9(11)5-8)14-7-12-6-13-14/h2-7H,1H2. The second kappa shape index (κ2) is 3.91. The van der Waals surface area contributed by atoms with Gasteiger partial charge in [-0.3, -0.25) is 0 Å². The number of rotatable bonds is 2. The van der Waals surface area contributed by atoms with Gasteiger partial charge in [0, 0.05) is 3.57 Å². The lowest BCUT2D eigenvalue weighted by atomic mass is 10.2. The van der Waals surface area contributed by atoms with Gasteiger partial charge in [-0.1, -0.05) is 18.7 Å². The topological polar surface area (TPSA) is 30.7 Å². The molecular weight excluding hydrogens is 289 g/mol. The number of hydrogen-bond acceptors (Lipinski definition) is 2. The van der Waals surface area contributed by atoms with Crippen LogP contribution in [0.1, 0.15) is 5.56 Å². The van der Waals surface area contributed by atoms with Gasteiger partial charge in [-0.25, -0.2) is 9.67 Å². The van der Waals surface area contributed by atoms with E-state index in [4.69, 9.17) is 0 Å². The van der Waals surface area contributed by atoms with Crippen molar-refractivity contribution >= 4 is 28.7 Å². The molecule has 1 aromatic heterocycles. The third-order valence-corrected chi connectivity index (χ3v) is 2.74. The lowest BCUT2D eigenvalue weighted by Crippen LogP contribution is -1.97. The Morgan fingerprint density at radius 1 is 1.43 bits per heavy atom. The van der Waals surface area contributed by atoms with Crippen molar-refractivity contribution in [2.24, 2.45) is 0 Å². The average Bonchev–Trinajstić information content (AvgIpc) is 2.70. The van der Waals surface area contributed by atoms with Crippen molar-refractivity contribution in [2.45, 2.75) is 0 Å². The zero-order chi connectivity index (χ0) is 9.97. The Morgan fingerprint density at radius 3 is 2.86 bits per heavy atom. The summed E-state index contributed by atoms with van der Waals surface area (Å²) in [6.07, 6.45) is 5.04. The molecule has 70 valence electrons. The number of aromatic nitrogens is 3. The van der Waals surface area contributed by atoms with E-state index in [0.717, 1.165) is 14.8 Å². The molecule has 4 heteroatoms. The number of hydrogen-bond donors (Lipinski definition) is 0. The minimum absolute atomic E-state index is 1.04. The third kappa shape index (κ3) is 1.70. The van der Waals surface area contributed by atoms with E-state index in [-0.39, 0.29) is 0 Å². The molecule has 2 aromatic rings. The second-order valence-corrected chi connectivity index (χ2v) is 3.92. The molecule has 2 rings (SSSR count). The third-order valence-electron chi connectivity index (χ3n) is 1.87. The Bertz CT molecular complexity index is 448. The molecule has 0 aliphatic heterocycles. The van der Waals surface area contributed by atoms with E-state index in [1.54, 1.807) is 11.0 Å². The van der Waals surface area contributed by atoms with E-state index in [1.807, 2.05) is 18.2 Å². The van der Waals surface area contributed by atoms with Crippen molar-refractivity contribution in [2.75, 3.05) is 0 Å². The molecule has 1 heterocycles. The molecule has 14 heavy (non-hydrogen) atoms. The van der Waals surface area contributed by atoms with Gasteiger partial charge in [0.15, 0.2) is 0 Å². The summed E-state index contributed by atoms with van der Waals surface area (Å²) in [5.41, 5.74) is 2.15. The fraction of sp³-hybridized carbons (Fsp3) is 0. The summed E-state index contributed by atoms with van der Waals surface area (Å²) >= 11 is 2.27. The zero-order valence-corrected chi connectivity index (χ0v) is 9.55. The smallest absolute Gasteiger partial charge is 0.138 e. The summed E-state index contributed by atoms with van der Waals surface area (Å²) < 4.78 is 2.87. The Labute approximate surface area is 95.6 Å². The van der Waals surface area contributed by atoms with Crippen LogP contribution < -0.4 is 0 Å². The van der Waals surface area contributed by atoms with E-state index in [0.29, 0.717) is 0 Å². The average molecular weight is 297 g/mol. The molecule has 3 nitrogen and oxygen atoms in total. The van der Waals surface area contributed by atoms with Gasteiger partial charge in [-0.15, -0.1) is 0 Å². The SMILES string of the molecule is C=Cc1ccc(-n2cncn2)c(I)c1. The molecule has 0 radical (unpaired) electrons. The van der Waals surface area contributed by atoms with Crippen LogP contribution in [0.5, 0.6) is 0 Å². The highest BCUT2D eigenvalue weighted by Gasteiger charge is 2.02. The maximum absolute atomic E-state index is 4.08. The molecule has 0 atom stereocenters. The summed E-state index contributed by atoms with van der Waals surface area (Å²) in [4.78, 5) is 3.91. The van der Waals surface area contributed by atoms with Crippen LogP contribution in [0.2, 0.25) is 0 Å². The fourth-order valence-corrected chi connectivity index (χ4v) is 1.96. The summed E-state index contributed by atoms with van der Waals surface area (Å²) in [6.45, 7) is 3.73. The van der Waals surface area contributed by atoms with Gasteiger partial charge in [0.05, 0.1) is 5.69 Å². The monoisotopic (exact) mass is 297 g/mol. The lowest BCUT2D eigenvalue weighted by Gasteiger charge is -2.04. The summed E-state index contributed by atoms with van der Waals surface area (Å²) in [7, 11) is 0. The highest BCUT2D eigenvalue weighted by molar-refractivity contribution is 14.1. The van der Waals surface area contributed by atoms with Gasteiger partial charge < -0.3 is 0 Å². The van der Waals surface area contributed by atoms with Gasteiger partial charge >= 0.3 is 0 Å². The van der Waals surface area contributed by atoms with Crippen LogP contribution in [0.15, 0.2) is 37.4 Å². The second-order valence-electron chi connectivity index (χ2n) is 2.76. The van der Waals surface area contributed by atoms with E-state index in [1.165, 1.54) is 6.33 Å². The van der Waals surface area contributed by atoms with Crippen LogP contribution in [0, 0.1) is 3.57 Å². The molecule has 0 amide bonds. The normalized spacial score (nSPS) is 10.1. The number of halogens is 1. The van der Waals surface area contributed by atoms with Gasteiger partial charge in [0.1, 0.15) is 12.7 Å². The Balaban J connectivity index is 2.51. The quantitative estimate of drug-likeness (QED) is 0.797. The van der Waals surface area contributed by atoms with Gasteiger partial charge in [-0.05, 0) is 40.3 Å². The molecule has 0 aliphatic rings. The van der Waals surface area contributed by atoms with E-state index < -0.39 is 0 Å². The molecular formula is C10H8IN3. The summed E-state index contributed by atoms with van der Waals surface area (Å²) in [6, 6.07) is 6.07. The van der Waals surface area contributed by atoms with Crippen LogP contribution in [0.4, 0.5) is 0 Å². The van der Waals surface area contributed by atoms with Crippen LogP contribution >= 0.6 is 22.6 Å². The Hall–Kier alpha value is -1.17. The van der Waals surface area contributed by atoms with Crippen molar-refractivity contribution < 1.29 is 0 Å². The first-order valence-corrected chi connectivity index (χ1v) is 5.16. The first-order valence-electron chi connectivity index (χ1n) is 4.08. The van der Waals surface area contributed by atoms with Crippen molar-refractivity contribution in [1.82, 2.24) is 14.8 Å². The van der Waals surface area contributed by atoms with Crippen molar-refractivity contribution in [3.8, 4) is 5.69 Å². The molecule has 0 saturated carbocycles. The minimum Gasteiger partial charge on any atom is -0.223 e. The highest BCUT2D eigenvalue weighted by Crippen LogP contribution is 2.18. The van der Waals surface area contributed by atoms with Crippen LogP contribution in [0.25, 0.3) is 11.8 Å². The zero-order valence-electron chi connectivity index (χ0n) is 7.39. The van der Waals surface area contributed by atoms with Crippen molar-refractivity contribution in [1.29, 1.82) is 0 Å². The van der Waals surface area contributed by atoms with Gasteiger partial charge in [-0.2, -0.15) is 5.10 Å². The number of nitrogens with zero attached hydrogens (tertiary/aromatic N) is 3. The molecule has 0 bridgehead atoms. The minimum atomic E-state index is 1.04. The molecule has 0 aliphatic carbocycles. The maximum Gasteiger partial charge on any atom is 0.138 e. The lowest BCUT2D eigenvalue weighted by molar-refractivity contribution is 0.874. The van der Waals surface area contributed by atoms with E-state index in [9.17, 15) is 0 Å². The maximum atomic E-state index is 4.08. The van der Waals surface area contributed by atoms with E-state index in [2.05, 4.69) is 45.3 Å². The first-order chi connectivity index (χ1) is 6.81. The molecule has 0 unspecified atom stereocenters. The molecule has 0 saturated heterocycles. The Morgan fingerprint density at radius 2 is 2.29 bits per heavy atom. The van der Waals surface area contributed by atoms with Crippen molar-refractivity contribution in [3.05, 3.63) is 46.6 Å².